The average Bonchev–Trinajstić information content (AvgIpc) is 2.57. The highest BCUT2D eigenvalue weighted by atomic mass is 19.1. The van der Waals surface area contributed by atoms with E-state index in [-0.39, 0.29) is 22.1 Å². The van der Waals surface area contributed by atoms with Gasteiger partial charge in [-0.2, -0.15) is 0 Å². The molecule has 0 bridgehead atoms. The first kappa shape index (κ1) is 16.3. The van der Waals surface area contributed by atoms with Crippen LogP contribution in [0.25, 0.3) is 10.9 Å². The van der Waals surface area contributed by atoms with Crippen molar-refractivity contribution in [2.75, 3.05) is 25.0 Å². The van der Waals surface area contributed by atoms with Crippen molar-refractivity contribution in [2.45, 2.75) is 19.3 Å². The highest BCUT2D eigenvalue weighted by Crippen LogP contribution is 2.19. The molecule has 2 heterocycles. The summed E-state index contributed by atoms with van der Waals surface area (Å²) in [6.45, 7) is 2.79. The predicted molar refractivity (Wildman–Crippen MR) is 90.4 cm³/mol. The number of aromatic amines is 1. The maximum absolute atomic E-state index is 14.0. The van der Waals surface area contributed by atoms with Gasteiger partial charge in [0.25, 0.3) is 5.56 Å². The second-order valence-electron chi connectivity index (χ2n) is 5.83. The number of nitrogens with one attached hydrogen (secondary N) is 2. The maximum Gasteiger partial charge on any atom is 0.258 e. The van der Waals surface area contributed by atoms with E-state index in [4.69, 9.17) is 0 Å². The topological polar surface area (TPSA) is 78.1 Å². The highest BCUT2D eigenvalue weighted by molar-refractivity contribution is 6.00. The molecule has 2 aromatic rings. The SMILES string of the molecule is O=C(C=CCN1CCCCC1)Nc1cc2c(=O)[nH]cnc2cc1F. The zero-order valence-corrected chi connectivity index (χ0v) is 13.2. The van der Waals surface area contributed by atoms with Gasteiger partial charge in [0.1, 0.15) is 5.82 Å². The summed E-state index contributed by atoms with van der Waals surface area (Å²) < 4.78 is 14.0. The fourth-order valence-corrected chi connectivity index (χ4v) is 2.81. The number of carbonyl (C=O) groups is 1. The van der Waals surface area contributed by atoms with Gasteiger partial charge in [-0.25, -0.2) is 9.37 Å². The van der Waals surface area contributed by atoms with Gasteiger partial charge in [-0.05, 0) is 32.0 Å². The van der Waals surface area contributed by atoms with E-state index in [1.54, 1.807) is 6.08 Å². The van der Waals surface area contributed by atoms with Crippen molar-refractivity contribution in [2.24, 2.45) is 0 Å². The summed E-state index contributed by atoms with van der Waals surface area (Å²) in [6, 6.07) is 2.44. The van der Waals surface area contributed by atoms with E-state index in [1.807, 2.05) is 0 Å². The Kier molecular flexibility index (Phi) is 5.00. The summed E-state index contributed by atoms with van der Waals surface area (Å²) >= 11 is 0. The molecule has 6 nitrogen and oxygen atoms in total. The largest absolute Gasteiger partial charge is 0.320 e. The number of anilines is 1. The van der Waals surface area contributed by atoms with Crippen molar-refractivity contribution in [3.8, 4) is 0 Å². The van der Waals surface area contributed by atoms with E-state index < -0.39 is 11.7 Å². The molecule has 0 saturated carbocycles. The summed E-state index contributed by atoms with van der Waals surface area (Å²) in [6.07, 6.45) is 8.01. The smallest absolute Gasteiger partial charge is 0.258 e. The fourth-order valence-electron chi connectivity index (χ4n) is 2.81. The molecule has 1 fully saturated rings. The number of hydrogen-bond donors (Lipinski definition) is 2. The first-order valence-electron chi connectivity index (χ1n) is 8.00. The van der Waals surface area contributed by atoms with Crippen LogP contribution in [0, 0.1) is 5.82 Å². The molecule has 0 spiro atoms. The van der Waals surface area contributed by atoms with Crippen LogP contribution in [0.4, 0.5) is 10.1 Å². The van der Waals surface area contributed by atoms with Gasteiger partial charge in [0.2, 0.25) is 5.91 Å². The summed E-state index contributed by atoms with van der Waals surface area (Å²) in [5, 5.41) is 2.70. The van der Waals surface area contributed by atoms with Gasteiger partial charge in [0.15, 0.2) is 0 Å². The molecule has 0 radical (unpaired) electrons. The van der Waals surface area contributed by atoms with E-state index >= 15 is 0 Å². The van der Waals surface area contributed by atoms with Crippen LogP contribution in [0.15, 0.2) is 35.4 Å². The number of likely N-dealkylation sites (tertiary alicyclic amines) is 1. The minimum atomic E-state index is -0.626. The Balaban J connectivity index is 1.67. The zero-order valence-electron chi connectivity index (χ0n) is 13.2. The summed E-state index contributed by atoms with van der Waals surface area (Å²) in [4.78, 5) is 32.3. The maximum atomic E-state index is 14.0. The van der Waals surface area contributed by atoms with E-state index in [2.05, 4.69) is 20.2 Å². The monoisotopic (exact) mass is 330 g/mol. The highest BCUT2D eigenvalue weighted by Gasteiger charge is 2.10. The van der Waals surface area contributed by atoms with Crippen LogP contribution in [-0.4, -0.2) is 40.4 Å². The Morgan fingerprint density at radius 2 is 2.12 bits per heavy atom. The third-order valence-corrected chi connectivity index (χ3v) is 4.07. The molecule has 0 unspecified atom stereocenters. The minimum Gasteiger partial charge on any atom is -0.320 e. The number of piperidine rings is 1. The van der Waals surface area contributed by atoms with Crippen molar-refractivity contribution in [1.29, 1.82) is 0 Å². The van der Waals surface area contributed by atoms with Crippen LogP contribution in [-0.2, 0) is 4.79 Å². The van der Waals surface area contributed by atoms with Crippen LogP contribution >= 0.6 is 0 Å². The van der Waals surface area contributed by atoms with Gasteiger partial charge in [0.05, 0.1) is 22.9 Å². The lowest BCUT2D eigenvalue weighted by Crippen LogP contribution is -2.29. The molecule has 2 N–H and O–H groups in total. The Labute approximate surface area is 138 Å². The average molecular weight is 330 g/mol. The van der Waals surface area contributed by atoms with Crippen molar-refractivity contribution >= 4 is 22.5 Å². The molecule has 1 aliphatic rings. The number of fused-ring (bicyclic) bond motifs is 1. The standard InChI is InChI=1S/C17H19FN4O2/c18-13-10-14-12(17(24)20-11-19-14)9-15(13)21-16(23)5-4-8-22-6-2-1-3-7-22/h4-5,9-11H,1-3,6-8H2,(H,21,23)(H,19,20,24). The van der Waals surface area contributed by atoms with E-state index in [1.165, 1.54) is 37.7 Å². The van der Waals surface area contributed by atoms with Crippen LogP contribution in [0.3, 0.4) is 0 Å². The van der Waals surface area contributed by atoms with Crippen LogP contribution < -0.4 is 10.9 Å². The second kappa shape index (κ2) is 7.35. The van der Waals surface area contributed by atoms with Gasteiger partial charge in [0, 0.05) is 18.7 Å². The first-order valence-corrected chi connectivity index (χ1v) is 8.00. The number of H-pyrrole nitrogens is 1. The Morgan fingerprint density at radius 3 is 2.92 bits per heavy atom. The van der Waals surface area contributed by atoms with Crippen molar-refractivity contribution < 1.29 is 9.18 Å². The quantitative estimate of drug-likeness (QED) is 0.841. The van der Waals surface area contributed by atoms with Crippen molar-refractivity contribution in [3.05, 3.63) is 46.8 Å². The van der Waals surface area contributed by atoms with Crippen LogP contribution in [0.1, 0.15) is 19.3 Å². The number of aromatic nitrogens is 2. The molecule has 3 rings (SSSR count). The molecule has 0 atom stereocenters. The molecule has 1 aliphatic heterocycles. The first-order chi connectivity index (χ1) is 11.6. The normalized spacial score (nSPS) is 15.9. The number of carbonyl (C=O) groups excluding carboxylic acids is 1. The van der Waals surface area contributed by atoms with Crippen molar-refractivity contribution in [1.82, 2.24) is 14.9 Å². The van der Waals surface area contributed by atoms with Crippen LogP contribution in [0.2, 0.25) is 0 Å². The molecule has 1 aromatic heterocycles. The summed E-state index contributed by atoms with van der Waals surface area (Å²) in [5.41, 5.74) is -0.167. The number of rotatable bonds is 4. The molecule has 1 saturated heterocycles. The second-order valence-corrected chi connectivity index (χ2v) is 5.83. The Morgan fingerprint density at radius 1 is 1.33 bits per heavy atom. The van der Waals surface area contributed by atoms with E-state index in [9.17, 15) is 14.0 Å². The predicted octanol–water partition coefficient (Wildman–Crippen LogP) is 2.04. The third kappa shape index (κ3) is 3.86. The molecule has 7 heteroatoms. The number of hydrogen-bond acceptors (Lipinski definition) is 4. The van der Waals surface area contributed by atoms with Gasteiger partial charge in [-0.15, -0.1) is 0 Å². The molecular formula is C17H19FN4O2. The van der Waals surface area contributed by atoms with Crippen molar-refractivity contribution in [3.63, 3.8) is 0 Å². The molecule has 1 amide bonds. The Bertz CT molecular complexity index is 825. The van der Waals surface area contributed by atoms with Gasteiger partial charge >= 0.3 is 0 Å². The lowest BCUT2D eigenvalue weighted by Gasteiger charge is -2.24. The Hall–Kier alpha value is -2.54. The number of nitrogens with zero attached hydrogens (tertiary/aromatic N) is 2. The molecule has 0 aliphatic carbocycles. The number of benzene rings is 1. The van der Waals surface area contributed by atoms with E-state index in [0.717, 1.165) is 19.2 Å². The molecule has 24 heavy (non-hydrogen) atoms. The van der Waals surface area contributed by atoms with Gasteiger partial charge in [-0.1, -0.05) is 12.5 Å². The molecular weight excluding hydrogens is 311 g/mol. The summed E-state index contributed by atoms with van der Waals surface area (Å²) in [5.74, 6) is -1.05. The zero-order chi connectivity index (χ0) is 16.9. The van der Waals surface area contributed by atoms with Crippen LogP contribution in [0.5, 0.6) is 0 Å². The van der Waals surface area contributed by atoms with E-state index in [0.29, 0.717) is 6.54 Å². The van der Waals surface area contributed by atoms with Gasteiger partial charge in [-0.3, -0.25) is 14.5 Å². The van der Waals surface area contributed by atoms with Gasteiger partial charge < -0.3 is 10.3 Å². The number of halogens is 1. The fraction of sp³-hybridized carbons (Fsp3) is 0.353. The lowest BCUT2D eigenvalue weighted by molar-refractivity contribution is -0.111. The molecule has 126 valence electrons. The minimum absolute atomic E-state index is 0.0337. The third-order valence-electron chi connectivity index (χ3n) is 4.07. The lowest BCUT2D eigenvalue weighted by atomic mass is 10.1. The molecule has 1 aromatic carbocycles. The summed E-state index contributed by atoms with van der Waals surface area (Å²) in [7, 11) is 0. The number of amides is 1.